The molecule has 0 aromatic heterocycles. The zero-order valence-electron chi connectivity index (χ0n) is 11.1. The van der Waals surface area contributed by atoms with Crippen molar-refractivity contribution in [3.63, 3.8) is 0 Å². The molecule has 0 heterocycles. The van der Waals surface area contributed by atoms with Crippen LogP contribution in [0.2, 0.25) is 0 Å². The van der Waals surface area contributed by atoms with Crippen LogP contribution in [0.25, 0.3) is 0 Å². The first kappa shape index (κ1) is 14.8. The van der Waals surface area contributed by atoms with Gasteiger partial charge in [-0.2, -0.15) is 0 Å². The second kappa shape index (κ2) is 7.25. The molecule has 0 bridgehead atoms. The van der Waals surface area contributed by atoms with E-state index >= 15 is 0 Å². The highest BCUT2D eigenvalue weighted by Gasteiger charge is 2.12. The number of hydrogen-bond acceptors (Lipinski definition) is 0. The maximum Gasteiger partial charge on any atom is 0.0207 e. The molecule has 0 nitrogen and oxygen atoms in total. The summed E-state index contributed by atoms with van der Waals surface area (Å²) in [6.07, 6.45) is 2.22. The van der Waals surface area contributed by atoms with Gasteiger partial charge >= 0.3 is 0 Å². The van der Waals surface area contributed by atoms with Gasteiger partial charge in [0.1, 0.15) is 0 Å². The minimum Gasteiger partial charge on any atom is -0.0925 e. The van der Waals surface area contributed by atoms with Gasteiger partial charge in [-0.15, -0.1) is 0 Å². The molecule has 2 heteroatoms. The third kappa shape index (κ3) is 4.19. The molecule has 0 fully saturated rings. The predicted octanol–water partition coefficient (Wildman–Crippen LogP) is 5.55. The van der Waals surface area contributed by atoms with E-state index < -0.39 is 0 Å². The van der Waals surface area contributed by atoms with Crippen molar-refractivity contribution in [3.8, 4) is 0 Å². The van der Waals surface area contributed by atoms with Gasteiger partial charge in [0.25, 0.3) is 0 Å². The van der Waals surface area contributed by atoms with Crippen molar-refractivity contribution in [2.75, 3.05) is 5.33 Å². The van der Waals surface area contributed by atoms with Gasteiger partial charge in [-0.05, 0) is 48.4 Å². The van der Waals surface area contributed by atoms with Crippen LogP contribution in [0, 0.1) is 12.8 Å². The Labute approximate surface area is 132 Å². The van der Waals surface area contributed by atoms with Crippen molar-refractivity contribution in [1.82, 2.24) is 0 Å². The monoisotopic (exact) mass is 380 g/mol. The molecule has 0 aliphatic heterocycles. The van der Waals surface area contributed by atoms with Crippen LogP contribution in [0.1, 0.15) is 16.7 Å². The maximum atomic E-state index is 3.66. The van der Waals surface area contributed by atoms with E-state index in [2.05, 4.69) is 87.3 Å². The molecule has 1 atom stereocenters. The molecule has 19 heavy (non-hydrogen) atoms. The Hall–Kier alpha value is -0.600. The lowest BCUT2D eigenvalue weighted by atomic mass is 9.92. The molecule has 0 aliphatic carbocycles. The molecule has 0 amide bonds. The van der Waals surface area contributed by atoms with Crippen molar-refractivity contribution in [1.29, 1.82) is 0 Å². The fraction of sp³-hybridized carbons (Fsp3) is 0.294. The molecule has 1 unspecified atom stereocenters. The fourth-order valence-corrected chi connectivity index (χ4v) is 3.21. The van der Waals surface area contributed by atoms with Crippen LogP contribution in [0.15, 0.2) is 53.0 Å². The Morgan fingerprint density at radius 3 is 2.11 bits per heavy atom. The molecule has 2 aromatic rings. The number of hydrogen-bond donors (Lipinski definition) is 0. The summed E-state index contributed by atoms with van der Waals surface area (Å²) >= 11 is 7.30. The van der Waals surface area contributed by atoms with Crippen LogP contribution in [0.5, 0.6) is 0 Å². The van der Waals surface area contributed by atoms with Gasteiger partial charge in [0.05, 0.1) is 0 Å². The first-order valence-electron chi connectivity index (χ1n) is 6.54. The van der Waals surface area contributed by atoms with E-state index in [1.165, 1.54) is 21.2 Å². The largest absolute Gasteiger partial charge is 0.0925 e. The third-order valence-electron chi connectivity index (χ3n) is 3.45. The van der Waals surface area contributed by atoms with E-state index in [0.29, 0.717) is 5.92 Å². The molecule has 0 radical (unpaired) electrons. The van der Waals surface area contributed by atoms with Crippen LogP contribution >= 0.6 is 31.9 Å². The minimum absolute atomic E-state index is 0.625. The Morgan fingerprint density at radius 2 is 1.47 bits per heavy atom. The standard InChI is InChI=1S/C17H18Br2/c1-13-6-2-3-7-15(13)10-14(12-18)11-16-8-4-5-9-17(16)19/h2-9,14H,10-12H2,1H3. The van der Waals surface area contributed by atoms with E-state index in [1.807, 2.05) is 0 Å². The summed E-state index contributed by atoms with van der Waals surface area (Å²) in [5, 5.41) is 1.03. The quantitative estimate of drug-likeness (QED) is 0.595. The number of benzene rings is 2. The lowest BCUT2D eigenvalue weighted by molar-refractivity contribution is 0.588. The van der Waals surface area contributed by atoms with Crippen LogP contribution in [-0.4, -0.2) is 5.33 Å². The number of halogens is 2. The Bertz CT molecular complexity index is 487. The molecule has 100 valence electrons. The van der Waals surface area contributed by atoms with Crippen molar-refractivity contribution in [2.24, 2.45) is 5.92 Å². The van der Waals surface area contributed by atoms with Gasteiger partial charge in [-0.3, -0.25) is 0 Å². The number of rotatable bonds is 5. The van der Waals surface area contributed by atoms with Gasteiger partial charge in [-0.1, -0.05) is 74.3 Å². The molecule has 0 spiro atoms. The molecular formula is C17H18Br2. The van der Waals surface area contributed by atoms with Crippen LogP contribution in [-0.2, 0) is 12.8 Å². The lowest BCUT2D eigenvalue weighted by Crippen LogP contribution is -2.11. The highest BCUT2D eigenvalue weighted by atomic mass is 79.9. The normalized spacial score (nSPS) is 12.4. The average molecular weight is 382 g/mol. The van der Waals surface area contributed by atoms with Crippen molar-refractivity contribution in [2.45, 2.75) is 19.8 Å². The summed E-state index contributed by atoms with van der Waals surface area (Å²) in [6.45, 7) is 2.19. The molecule has 2 rings (SSSR count). The molecule has 2 aromatic carbocycles. The molecular weight excluding hydrogens is 364 g/mol. The van der Waals surface area contributed by atoms with Crippen molar-refractivity contribution in [3.05, 3.63) is 69.7 Å². The fourth-order valence-electron chi connectivity index (χ4n) is 2.31. The zero-order chi connectivity index (χ0) is 13.7. The van der Waals surface area contributed by atoms with Crippen molar-refractivity contribution < 1.29 is 0 Å². The third-order valence-corrected chi connectivity index (χ3v) is 5.14. The molecule has 0 aliphatic rings. The van der Waals surface area contributed by atoms with Crippen molar-refractivity contribution >= 4 is 31.9 Å². The van der Waals surface area contributed by atoms with E-state index in [-0.39, 0.29) is 0 Å². The summed E-state index contributed by atoms with van der Waals surface area (Å²) in [5.74, 6) is 0.625. The van der Waals surface area contributed by atoms with Gasteiger partial charge < -0.3 is 0 Å². The van der Waals surface area contributed by atoms with Crippen LogP contribution in [0.3, 0.4) is 0 Å². The molecule has 0 saturated heterocycles. The first-order valence-corrected chi connectivity index (χ1v) is 8.46. The second-order valence-electron chi connectivity index (χ2n) is 4.95. The summed E-state index contributed by atoms with van der Waals surface area (Å²) < 4.78 is 1.21. The number of aryl methyl sites for hydroxylation is 1. The summed E-state index contributed by atoms with van der Waals surface area (Å²) in [4.78, 5) is 0. The highest BCUT2D eigenvalue weighted by Crippen LogP contribution is 2.23. The van der Waals surface area contributed by atoms with Gasteiger partial charge in [-0.25, -0.2) is 0 Å². The lowest BCUT2D eigenvalue weighted by Gasteiger charge is -2.16. The van der Waals surface area contributed by atoms with E-state index in [1.54, 1.807) is 0 Å². The van der Waals surface area contributed by atoms with E-state index in [0.717, 1.165) is 18.2 Å². The summed E-state index contributed by atoms with van der Waals surface area (Å²) in [7, 11) is 0. The zero-order valence-corrected chi connectivity index (χ0v) is 14.2. The average Bonchev–Trinajstić information content (AvgIpc) is 2.42. The summed E-state index contributed by atoms with van der Waals surface area (Å²) in [5.41, 5.74) is 4.24. The Morgan fingerprint density at radius 1 is 0.895 bits per heavy atom. The SMILES string of the molecule is Cc1ccccc1CC(CBr)Cc1ccccc1Br. The summed E-state index contributed by atoms with van der Waals surface area (Å²) in [6, 6.07) is 17.2. The topological polar surface area (TPSA) is 0 Å². The smallest absolute Gasteiger partial charge is 0.0207 e. The second-order valence-corrected chi connectivity index (χ2v) is 6.45. The van der Waals surface area contributed by atoms with Gasteiger partial charge in [0.2, 0.25) is 0 Å². The Balaban J connectivity index is 2.09. The highest BCUT2D eigenvalue weighted by molar-refractivity contribution is 9.10. The minimum atomic E-state index is 0.625. The first-order chi connectivity index (χ1) is 9.20. The molecule has 0 saturated carbocycles. The van der Waals surface area contributed by atoms with Crippen LogP contribution in [0.4, 0.5) is 0 Å². The predicted molar refractivity (Wildman–Crippen MR) is 90.0 cm³/mol. The van der Waals surface area contributed by atoms with E-state index in [4.69, 9.17) is 0 Å². The van der Waals surface area contributed by atoms with Crippen LogP contribution < -0.4 is 0 Å². The van der Waals surface area contributed by atoms with Gasteiger partial charge in [0, 0.05) is 9.80 Å². The Kier molecular flexibility index (Phi) is 5.65. The molecule has 0 N–H and O–H groups in total. The maximum absolute atomic E-state index is 3.66. The number of alkyl halides is 1. The van der Waals surface area contributed by atoms with E-state index in [9.17, 15) is 0 Å². The van der Waals surface area contributed by atoms with Gasteiger partial charge in [0.15, 0.2) is 0 Å².